The minimum absolute atomic E-state index is 0.0112. The molecule has 12 heavy (non-hydrogen) atoms. The van der Waals surface area contributed by atoms with Crippen molar-refractivity contribution in [3.8, 4) is 0 Å². The van der Waals surface area contributed by atoms with Crippen molar-refractivity contribution in [1.29, 1.82) is 0 Å². The molecule has 0 spiro atoms. The normalized spacial score (nSPS) is 12.5. The summed E-state index contributed by atoms with van der Waals surface area (Å²) in [5.74, 6) is -2.90. The van der Waals surface area contributed by atoms with E-state index in [0.717, 1.165) is 6.92 Å². The zero-order valence-electron chi connectivity index (χ0n) is 7.27. The van der Waals surface area contributed by atoms with E-state index in [-0.39, 0.29) is 11.6 Å². The highest BCUT2D eigenvalue weighted by Gasteiger charge is 2.32. The molecule has 0 atom stereocenters. The van der Waals surface area contributed by atoms with Crippen LogP contribution in [0.15, 0.2) is 10.8 Å². The molecule has 0 aliphatic heterocycles. The predicted molar refractivity (Wildman–Crippen MR) is 40.2 cm³/mol. The maximum absolute atomic E-state index is 12.8. The molecule has 68 valence electrons. The topological polar surface area (TPSA) is 26.0 Å². The van der Waals surface area contributed by atoms with Gasteiger partial charge < -0.3 is 4.52 Å². The number of hydrogen-bond donors (Lipinski definition) is 0. The third-order valence-electron chi connectivity index (χ3n) is 1.63. The van der Waals surface area contributed by atoms with Crippen LogP contribution in [-0.2, 0) is 5.92 Å². The van der Waals surface area contributed by atoms with Gasteiger partial charge in [-0.2, -0.15) is 8.78 Å². The summed E-state index contributed by atoms with van der Waals surface area (Å²) in [6.07, 6.45) is 1.28. The molecule has 0 bridgehead atoms. The minimum atomic E-state index is -2.91. The molecule has 0 radical (unpaired) electrons. The van der Waals surface area contributed by atoms with Crippen molar-refractivity contribution in [2.24, 2.45) is 0 Å². The Bertz CT molecular complexity index is 262. The second kappa shape index (κ2) is 2.84. The maximum atomic E-state index is 12.8. The molecule has 0 fully saturated rings. The zero-order chi connectivity index (χ0) is 9.35. The van der Waals surface area contributed by atoms with Crippen LogP contribution in [0.5, 0.6) is 0 Å². The smallest absolute Gasteiger partial charge is 0.290 e. The fraction of sp³-hybridized carbons (Fsp3) is 0.625. The van der Waals surface area contributed by atoms with E-state index in [9.17, 15) is 8.78 Å². The van der Waals surface area contributed by atoms with Crippen LogP contribution >= 0.6 is 0 Å². The van der Waals surface area contributed by atoms with Crippen molar-refractivity contribution in [3.05, 3.63) is 17.5 Å². The molecule has 0 N–H and O–H groups in total. The van der Waals surface area contributed by atoms with E-state index in [1.54, 1.807) is 0 Å². The second-order valence-electron chi connectivity index (χ2n) is 3.16. The number of halogens is 2. The lowest BCUT2D eigenvalue weighted by atomic mass is 10.0. The summed E-state index contributed by atoms with van der Waals surface area (Å²) in [7, 11) is 0. The molecule has 0 saturated heterocycles. The third-order valence-corrected chi connectivity index (χ3v) is 1.63. The van der Waals surface area contributed by atoms with Gasteiger partial charge in [-0.05, 0) is 5.92 Å². The fourth-order valence-electron chi connectivity index (χ4n) is 0.987. The molecule has 1 heterocycles. The predicted octanol–water partition coefficient (Wildman–Crippen LogP) is 2.91. The van der Waals surface area contributed by atoms with Crippen LogP contribution in [0.3, 0.4) is 0 Å². The van der Waals surface area contributed by atoms with E-state index < -0.39 is 5.92 Å². The largest absolute Gasteiger partial charge is 0.364 e. The summed E-state index contributed by atoms with van der Waals surface area (Å²) >= 11 is 0. The summed E-state index contributed by atoms with van der Waals surface area (Å²) in [4.78, 5) is 0. The summed E-state index contributed by atoms with van der Waals surface area (Å²) < 4.78 is 30.1. The van der Waals surface area contributed by atoms with Gasteiger partial charge in [-0.3, -0.25) is 0 Å². The fourth-order valence-corrected chi connectivity index (χ4v) is 0.987. The van der Waals surface area contributed by atoms with Gasteiger partial charge in [0, 0.05) is 12.5 Å². The first-order chi connectivity index (χ1) is 5.43. The van der Waals surface area contributed by atoms with Crippen LogP contribution in [0.25, 0.3) is 0 Å². The van der Waals surface area contributed by atoms with Crippen LogP contribution < -0.4 is 0 Å². The van der Waals surface area contributed by atoms with E-state index >= 15 is 0 Å². The summed E-state index contributed by atoms with van der Waals surface area (Å²) in [5, 5.41) is 3.28. The van der Waals surface area contributed by atoms with Gasteiger partial charge >= 0.3 is 0 Å². The molecule has 0 aliphatic rings. The first-order valence-electron chi connectivity index (χ1n) is 3.75. The summed E-state index contributed by atoms with van der Waals surface area (Å²) in [6.45, 7) is 4.46. The average molecular weight is 175 g/mol. The lowest BCUT2D eigenvalue weighted by molar-refractivity contribution is 0.00870. The van der Waals surface area contributed by atoms with E-state index in [1.165, 1.54) is 6.26 Å². The van der Waals surface area contributed by atoms with Crippen LogP contribution in [-0.4, -0.2) is 5.16 Å². The van der Waals surface area contributed by atoms with Crippen molar-refractivity contribution >= 4 is 0 Å². The van der Waals surface area contributed by atoms with Gasteiger partial charge in [0.15, 0.2) is 5.69 Å². The van der Waals surface area contributed by atoms with E-state index in [2.05, 4.69) is 9.68 Å². The minimum Gasteiger partial charge on any atom is -0.364 e. The van der Waals surface area contributed by atoms with Crippen molar-refractivity contribution in [3.63, 3.8) is 0 Å². The van der Waals surface area contributed by atoms with Crippen LogP contribution in [0.1, 0.15) is 37.9 Å². The van der Waals surface area contributed by atoms with E-state index in [1.807, 2.05) is 13.8 Å². The highest BCUT2D eigenvalue weighted by atomic mass is 19.3. The van der Waals surface area contributed by atoms with Gasteiger partial charge in [0.2, 0.25) is 0 Å². The number of hydrogen-bond acceptors (Lipinski definition) is 2. The molecule has 0 unspecified atom stereocenters. The van der Waals surface area contributed by atoms with Crippen molar-refractivity contribution in [1.82, 2.24) is 5.16 Å². The summed E-state index contributed by atoms with van der Waals surface area (Å²) in [5.41, 5.74) is 0.222. The Kier molecular flexibility index (Phi) is 2.17. The number of aromatic nitrogens is 1. The Morgan fingerprint density at radius 1 is 1.50 bits per heavy atom. The van der Waals surface area contributed by atoms with Gasteiger partial charge in [0.05, 0.1) is 0 Å². The lowest BCUT2D eigenvalue weighted by Crippen LogP contribution is -2.10. The van der Waals surface area contributed by atoms with Crippen LogP contribution in [0.2, 0.25) is 0 Å². The summed E-state index contributed by atoms with van der Waals surface area (Å²) in [6, 6.07) is 0. The Morgan fingerprint density at radius 2 is 2.08 bits per heavy atom. The highest BCUT2D eigenvalue weighted by molar-refractivity contribution is 5.22. The second-order valence-corrected chi connectivity index (χ2v) is 3.16. The number of rotatable bonds is 2. The quantitative estimate of drug-likeness (QED) is 0.690. The molecular weight excluding hydrogens is 164 g/mol. The molecule has 1 aromatic rings. The van der Waals surface area contributed by atoms with E-state index in [0.29, 0.717) is 5.56 Å². The number of alkyl halides is 2. The Labute approximate surface area is 69.6 Å². The van der Waals surface area contributed by atoms with Gasteiger partial charge in [-0.15, -0.1) is 0 Å². The first-order valence-corrected chi connectivity index (χ1v) is 3.75. The van der Waals surface area contributed by atoms with Crippen LogP contribution in [0, 0.1) is 0 Å². The number of nitrogens with zero attached hydrogens (tertiary/aromatic N) is 1. The monoisotopic (exact) mass is 175 g/mol. The average Bonchev–Trinajstić information content (AvgIpc) is 2.30. The Balaban J connectivity index is 3.08. The molecule has 1 aromatic heterocycles. The Hall–Kier alpha value is -0.930. The molecule has 0 saturated carbocycles. The standard InChI is InChI=1S/C8H11F2NO/c1-5(2)6-4-12-11-7(6)8(3,9)10/h4-5H,1-3H3. The van der Waals surface area contributed by atoms with Gasteiger partial charge in [0.25, 0.3) is 5.92 Å². The molecule has 4 heteroatoms. The molecule has 0 aromatic carbocycles. The molecule has 0 aliphatic carbocycles. The maximum Gasteiger partial charge on any atom is 0.290 e. The van der Waals surface area contributed by atoms with Gasteiger partial charge in [0.1, 0.15) is 6.26 Å². The molecular formula is C8H11F2NO. The SMILES string of the molecule is CC(C)c1conc1C(C)(F)F. The molecule has 1 rings (SSSR count). The first kappa shape index (κ1) is 9.16. The lowest BCUT2D eigenvalue weighted by Gasteiger charge is -2.09. The molecule has 2 nitrogen and oxygen atoms in total. The van der Waals surface area contributed by atoms with Crippen molar-refractivity contribution < 1.29 is 13.3 Å². The van der Waals surface area contributed by atoms with Crippen molar-refractivity contribution in [2.45, 2.75) is 32.6 Å². The third kappa shape index (κ3) is 1.62. The van der Waals surface area contributed by atoms with Gasteiger partial charge in [-0.1, -0.05) is 19.0 Å². The highest BCUT2D eigenvalue weighted by Crippen LogP contribution is 2.31. The zero-order valence-corrected chi connectivity index (χ0v) is 7.27. The van der Waals surface area contributed by atoms with Gasteiger partial charge in [-0.25, -0.2) is 0 Å². The Morgan fingerprint density at radius 3 is 2.42 bits per heavy atom. The molecule has 0 amide bonds. The van der Waals surface area contributed by atoms with E-state index in [4.69, 9.17) is 0 Å². The van der Waals surface area contributed by atoms with Crippen molar-refractivity contribution in [2.75, 3.05) is 0 Å². The van der Waals surface area contributed by atoms with Crippen LogP contribution in [0.4, 0.5) is 8.78 Å².